The molecule has 2 N–H and O–H groups in total. The third kappa shape index (κ3) is 7.59. The molecule has 0 aromatic rings. The van der Waals surface area contributed by atoms with Crippen molar-refractivity contribution in [1.29, 1.82) is 0 Å². The third-order valence-electron chi connectivity index (χ3n) is 5.18. The number of amides is 1. The van der Waals surface area contributed by atoms with Gasteiger partial charge in [0.2, 0.25) is 5.91 Å². The second-order valence-corrected chi connectivity index (χ2v) is 7.32. The number of piperazine rings is 1. The average molecular weight is 398 g/mol. The Hall–Kier alpha value is -0.745. The monoisotopic (exact) mass is 398 g/mol. The Balaban J connectivity index is 1.52. The van der Waals surface area contributed by atoms with Gasteiger partial charge in [0.05, 0.1) is 6.61 Å². The lowest BCUT2D eigenvalue weighted by Gasteiger charge is -2.32. The smallest absolute Gasteiger partial charge is 0.246 e. The first-order chi connectivity index (χ1) is 13.5. The van der Waals surface area contributed by atoms with Crippen LogP contribution in [0.15, 0.2) is 0 Å². The van der Waals surface area contributed by atoms with E-state index in [2.05, 4.69) is 27.5 Å². The van der Waals surface area contributed by atoms with Crippen molar-refractivity contribution in [1.82, 2.24) is 20.4 Å². The van der Waals surface area contributed by atoms with Gasteiger partial charge in [-0.25, -0.2) is 0 Å². The highest BCUT2D eigenvalue weighted by Gasteiger charge is 2.43. The number of methoxy groups -OCH3 is 2. The molecule has 0 aliphatic carbocycles. The minimum atomic E-state index is -0.644. The highest BCUT2D eigenvalue weighted by molar-refractivity contribution is 6.11. The highest BCUT2D eigenvalue weighted by atomic mass is 16.6. The molecule has 0 saturated carbocycles. The largest absolute Gasteiger partial charge is 0.382 e. The van der Waals surface area contributed by atoms with Gasteiger partial charge in [0.15, 0.2) is 0 Å². The summed E-state index contributed by atoms with van der Waals surface area (Å²) in [6.45, 7) is 8.00. The molecule has 1 amide bonds. The maximum absolute atomic E-state index is 12.0. The summed E-state index contributed by atoms with van der Waals surface area (Å²) in [4.78, 5) is 16.8. The molecule has 4 atom stereocenters. The quantitative estimate of drug-likeness (QED) is 0.285. The normalized spacial score (nSPS) is 29.2. The molecule has 10 heteroatoms. The van der Waals surface area contributed by atoms with Gasteiger partial charge in [0, 0.05) is 72.6 Å². The molecule has 9 nitrogen and oxygen atoms in total. The minimum absolute atomic E-state index is 0.0808. The Labute approximate surface area is 169 Å². The SMILES string of the molecule is [B][C@@H]1O[C@H](COC)C(OC)[C@@H]1OCC(=O)NCCNCCN1CCN(C)CC1. The molecule has 160 valence electrons. The van der Waals surface area contributed by atoms with Gasteiger partial charge in [-0.3, -0.25) is 9.69 Å². The molecule has 2 rings (SSSR count). The molecular formula is C18H35BN4O5. The van der Waals surface area contributed by atoms with Gasteiger partial charge < -0.3 is 34.5 Å². The topological polar surface area (TPSA) is 84.5 Å². The first-order valence-corrected chi connectivity index (χ1v) is 9.97. The molecule has 0 spiro atoms. The van der Waals surface area contributed by atoms with E-state index < -0.39 is 12.1 Å². The standard InChI is InChI=1S/C18H35BN4O5/c1-22-8-10-23(11-9-22)7-6-20-4-5-21-15(24)13-27-17-16(26-3)14(12-25-2)28-18(17)19/h14,16-18,20H,4-13H2,1-3H3,(H,21,24)/t14-,16?,17+,18-/m1/s1. The van der Waals surface area contributed by atoms with E-state index in [1.807, 2.05) is 0 Å². The molecule has 2 aliphatic rings. The first kappa shape index (κ1) is 23.5. The van der Waals surface area contributed by atoms with Crippen molar-refractivity contribution in [2.45, 2.75) is 24.3 Å². The van der Waals surface area contributed by atoms with Crippen LogP contribution in [0.2, 0.25) is 0 Å². The predicted molar refractivity (Wildman–Crippen MR) is 107 cm³/mol. The van der Waals surface area contributed by atoms with Crippen molar-refractivity contribution >= 4 is 13.8 Å². The van der Waals surface area contributed by atoms with Crippen LogP contribution in [0.25, 0.3) is 0 Å². The highest BCUT2D eigenvalue weighted by Crippen LogP contribution is 2.24. The lowest BCUT2D eigenvalue weighted by molar-refractivity contribution is -0.130. The summed E-state index contributed by atoms with van der Waals surface area (Å²) in [6, 6.07) is -0.644. The number of nitrogens with zero attached hydrogens (tertiary/aromatic N) is 2. The summed E-state index contributed by atoms with van der Waals surface area (Å²) >= 11 is 0. The maximum Gasteiger partial charge on any atom is 0.246 e. The molecule has 2 aliphatic heterocycles. The molecule has 0 aromatic heterocycles. The van der Waals surface area contributed by atoms with E-state index in [4.69, 9.17) is 26.8 Å². The maximum atomic E-state index is 12.0. The average Bonchev–Trinajstić information content (AvgIpc) is 2.98. The first-order valence-electron chi connectivity index (χ1n) is 9.97. The summed E-state index contributed by atoms with van der Waals surface area (Å²) in [5, 5.41) is 6.20. The fourth-order valence-electron chi connectivity index (χ4n) is 3.48. The lowest BCUT2D eigenvalue weighted by atomic mass is 9.93. The zero-order chi connectivity index (χ0) is 20.4. The summed E-state index contributed by atoms with van der Waals surface area (Å²) in [5.41, 5.74) is 0. The van der Waals surface area contributed by atoms with Crippen molar-refractivity contribution in [3.05, 3.63) is 0 Å². The van der Waals surface area contributed by atoms with Gasteiger partial charge in [-0.05, 0) is 7.05 Å². The van der Waals surface area contributed by atoms with Gasteiger partial charge in [-0.15, -0.1) is 0 Å². The number of hydrogen-bond donors (Lipinski definition) is 2. The van der Waals surface area contributed by atoms with Crippen LogP contribution in [0.4, 0.5) is 0 Å². The van der Waals surface area contributed by atoms with Crippen LogP contribution < -0.4 is 10.6 Å². The molecule has 2 saturated heterocycles. The van der Waals surface area contributed by atoms with Gasteiger partial charge in [0.1, 0.15) is 32.8 Å². The van der Waals surface area contributed by atoms with E-state index in [1.165, 1.54) is 0 Å². The van der Waals surface area contributed by atoms with Crippen molar-refractivity contribution in [3.8, 4) is 0 Å². The van der Waals surface area contributed by atoms with Crippen LogP contribution in [0.3, 0.4) is 0 Å². The summed E-state index contributed by atoms with van der Waals surface area (Å²) in [5.74, 6) is -0.182. The number of rotatable bonds is 12. The van der Waals surface area contributed by atoms with Crippen LogP contribution in [-0.4, -0.2) is 135 Å². The second kappa shape index (κ2) is 12.7. The summed E-state index contributed by atoms with van der Waals surface area (Å²) in [6.07, 6.45) is -1.17. The molecule has 28 heavy (non-hydrogen) atoms. The number of carbonyl (C=O) groups is 1. The second-order valence-electron chi connectivity index (χ2n) is 7.32. The van der Waals surface area contributed by atoms with Crippen molar-refractivity contribution in [3.63, 3.8) is 0 Å². The van der Waals surface area contributed by atoms with Crippen LogP contribution in [-0.2, 0) is 23.7 Å². The minimum Gasteiger partial charge on any atom is -0.382 e. The Morgan fingerprint density at radius 2 is 1.89 bits per heavy atom. The molecule has 1 unspecified atom stereocenters. The molecular weight excluding hydrogens is 363 g/mol. The number of nitrogens with one attached hydrogen (secondary N) is 2. The fourth-order valence-corrected chi connectivity index (χ4v) is 3.48. The van der Waals surface area contributed by atoms with Crippen LogP contribution in [0.5, 0.6) is 0 Å². The van der Waals surface area contributed by atoms with E-state index in [-0.39, 0.29) is 24.7 Å². The summed E-state index contributed by atoms with van der Waals surface area (Å²) < 4.78 is 21.8. The van der Waals surface area contributed by atoms with Gasteiger partial charge in [-0.1, -0.05) is 0 Å². The lowest BCUT2D eigenvalue weighted by Crippen LogP contribution is -2.47. The van der Waals surface area contributed by atoms with E-state index in [0.29, 0.717) is 13.2 Å². The fraction of sp³-hybridized carbons (Fsp3) is 0.944. The van der Waals surface area contributed by atoms with E-state index in [0.717, 1.165) is 45.8 Å². The Morgan fingerprint density at radius 3 is 2.57 bits per heavy atom. The number of ether oxygens (including phenoxy) is 4. The zero-order valence-corrected chi connectivity index (χ0v) is 17.4. The van der Waals surface area contributed by atoms with E-state index in [1.54, 1.807) is 14.2 Å². The van der Waals surface area contributed by atoms with E-state index >= 15 is 0 Å². The predicted octanol–water partition coefficient (Wildman–Crippen LogP) is -2.12. The van der Waals surface area contributed by atoms with Crippen LogP contribution in [0.1, 0.15) is 0 Å². The van der Waals surface area contributed by atoms with Crippen molar-refractivity contribution in [2.75, 3.05) is 86.8 Å². The summed E-state index contributed by atoms with van der Waals surface area (Å²) in [7, 11) is 11.3. The third-order valence-corrected chi connectivity index (χ3v) is 5.18. The van der Waals surface area contributed by atoms with Crippen molar-refractivity contribution in [2.24, 2.45) is 0 Å². The van der Waals surface area contributed by atoms with Crippen molar-refractivity contribution < 1.29 is 23.7 Å². The number of hydrogen-bond acceptors (Lipinski definition) is 8. The van der Waals surface area contributed by atoms with Crippen LogP contribution in [0, 0.1) is 0 Å². The molecule has 2 radical (unpaired) electrons. The van der Waals surface area contributed by atoms with Gasteiger partial charge >= 0.3 is 0 Å². The Kier molecular flexibility index (Phi) is 10.7. The van der Waals surface area contributed by atoms with Gasteiger partial charge in [0.25, 0.3) is 0 Å². The zero-order valence-electron chi connectivity index (χ0n) is 17.4. The Bertz CT molecular complexity index is 454. The Morgan fingerprint density at radius 1 is 1.14 bits per heavy atom. The van der Waals surface area contributed by atoms with Gasteiger partial charge in [-0.2, -0.15) is 0 Å². The molecule has 0 bridgehead atoms. The van der Waals surface area contributed by atoms with Crippen LogP contribution >= 0.6 is 0 Å². The molecule has 2 heterocycles. The number of carbonyl (C=O) groups excluding carboxylic acids is 1. The molecule has 2 fully saturated rings. The van der Waals surface area contributed by atoms with E-state index in [9.17, 15) is 4.79 Å². The number of likely N-dealkylation sites (N-methyl/N-ethyl adjacent to an activating group) is 1. The molecule has 0 aromatic carbocycles.